The van der Waals surface area contributed by atoms with E-state index in [9.17, 15) is 33.6 Å². The van der Waals surface area contributed by atoms with Gasteiger partial charge in [0.25, 0.3) is 0 Å². The van der Waals surface area contributed by atoms with Gasteiger partial charge < -0.3 is 40.3 Å². The van der Waals surface area contributed by atoms with Gasteiger partial charge in [-0.1, -0.05) is 0 Å². The van der Waals surface area contributed by atoms with Crippen LogP contribution in [0.2, 0.25) is 0 Å². The number of rotatable bonds is 9. The first-order chi connectivity index (χ1) is 13.6. The molecule has 2 rings (SSSR count). The summed E-state index contributed by atoms with van der Waals surface area (Å²) < 4.78 is 51.2. The van der Waals surface area contributed by atoms with E-state index in [1.165, 1.54) is 12.3 Å². The average Bonchev–Trinajstić information content (AvgIpc) is 2.80. The minimum atomic E-state index is -5.70. The van der Waals surface area contributed by atoms with Gasteiger partial charge in [-0.2, -0.15) is 13.6 Å². The molecule has 0 spiro atoms. The zero-order valence-corrected chi connectivity index (χ0v) is 17.3. The lowest BCUT2D eigenvalue weighted by Crippen LogP contribution is -2.37. The summed E-state index contributed by atoms with van der Waals surface area (Å²) in [5.74, 6) is -0.0435. The van der Waals surface area contributed by atoms with Crippen LogP contribution in [0, 0.1) is 0 Å². The first-order valence-electron chi connectivity index (χ1n) is 7.71. The number of nitrogen functional groups attached to an aromatic ring is 1. The SMILES string of the molecule is Nc1ccn(C[C@@H]2O[C@H](COP(=O)(O)OP(=O)(O)OP(=O)(O)O)[C@H](O)C2O)c(=O)n1. The predicted octanol–water partition coefficient (Wildman–Crippen LogP) is -2.34. The van der Waals surface area contributed by atoms with E-state index < -0.39 is 60.2 Å². The van der Waals surface area contributed by atoms with Crippen LogP contribution >= 0.6 is 23.5 Å². The van der Waals surface area contributed by atoms with E-state index in [4.69, 9.17) is 25.2 Å². The number of hydrogen-bond donors (Lipinski definition) is 7. The summed E-state index contributed by atoms with van der Waals surface area (Å²) in [4.78, 5) is 50.6. The van der Waals surface area contributed by atoms with Crippen LogP contribution in [0.1, 0.15) is 0 Å². The number of aliphatic hydroxyl groups excluding tert-OH is 2. The van der Waals surface area contributed by atoms with Gasteiger partial charge in [-0.3, -0.25) is 9.09 Å². The van der Waals surface area contributed by atoms with Gasteiger partial charge in [-0.05, 0) is 6.07 Å². The summed E-state index contributed by atoms with van der Waals surface area (Å²) in [7, 11) is -16.7. The topological polar surface area (TPSA) is 270 Å². The largest absolute Gasteiger partial charge is 0.490 e. The normalized spacial score (nSPS) is 28.7. The average molecular weight is 497 g/mol. The molecular formula is C10H18N3O14P3. The summed E-state index contributed by atoms with van der Waals surface area (Å²) >= 11 is 0. The summed E-state index contributed by atoms with van der Waals surface area (Å²) in [5.41, 5.74) is 4.58. The van der Waals surface area contributed by atoms with E-state index in [0.717, 1.165) is 4.57 Å². The summed E-state index contributed by atoms with van der Waals surface area (Å²) in [6, 6.07) is 1.30. The lowest BCUT2D eigenvalue weighted by atomic mass is 10.1. The Balaban J connectivity index is 1.98. The molecule has 0 amide bonds. The maximum Gasteiger partial charge on any atom is 0.490 e. The zero-order chi connectivity index (χ0) is 22.9. The van der Waals surface area contributed by atoms with E-state index in [-0.39, 0.29) is 12.4 Å². The lowest BCUT2D eigenvalue weighted by molar-refractivity contribution is -0.0263. The molecule has 6 atom stereocenters. The molecule has 0 saturated carbocycles. The van der Waals surface area contributed by atoms with Crippen molar-refractivity contribution in [3.8, 4) is 0 Å². The maximum absolute atomic E-state index is 11.7. The number of aromatic nitrogens is 2. The van der Waals surface area contributed by atoms with Crippen molar-refractivity contribution in [3.63, 3.8) is 0 Å². The van der Waals surface area contributed by atoms with Crippen molar-refractivity contribution in [2.24, 2.45) is 0 Å². The van der Waals surface area contributed by atoms with Gasteiger partial charge in [0.15, 0.2) is 0 Å². The highest BCUT2D eigenvalue weighted by Crippen LogP contribution is 2.66. The van der Waals surface area contributed by atoms with Gasteiger partial charge in [0.2, 0.25) is 0 Å². The van der Waals surface area contributed by atoms with Gasteiger partial charge in [0, 0.05) is 6.20 Å². The molecule has 30 heavy (non-hydrogen) atoms. The Morgan fingerprint density at radius 1 is 1.07 bits per heavy atom. The van der Waals surface area contributed by atoms with Crippen molar-refractivity contribution in [1.82, 2.24) is 9.55 Å². The van der Waals surface area contributed by atoms with E-state index in [2.05, 4.69) is 18.1 Å². The number of hydrogen-bond acceptors (Lipinski definition) is 12. The molecule has 3 unspecified atom stereocenters. The molecule has 1 saturated heterocycles. The van der Waals surface area contributed by atoms with Gasteiger partial charge in [-0.15, -0.1) is 0 Å². The Hall–Kier alpha value is -1.03. The van der Waals surface area contributed by atoms with Crippen LogP contribution in [-0.2, 0) is 38.1 Å². The molecule has 1 fully saturated rings. The molecule has 17 nitrogen and oxygen atoms in total. The highest BCUT2D eigenvalue weighted by molar-refractivity contribution is 7.66. The lowest BCUT2D eigenvalue weighted by Gasteiger charge is -2.19. The molecule has 0 aromatic carbocycles. The first kappa shape index (κ1) is 25.2. The fourth-order valence-electron chi connectivity index (χ4n) is 2.36. The highest BCUT2D eigenvalue weighted by Gasteiger charge is 2.45. The highest BCUT2D eigenvalue weighted by atomic mass is 31.3. The Morgan fingerprint density at radius 2 is 1.67 bits per heavy atom. The monoisotopic (exact) mass is 497 g/mol. The predicted molar refractivity (Wildman–Crippen MR) is 93.4 cm³/mol. The second-order valence-electron chi connectivity index (χ2n) is 5.87. The van der Waals surface area contributed by atoms with Crippen molar-refractivity contribution in [2.45, 2.75) is 31.0 Å². The van der Waals surface area contributed by atoms with Crippen LogP contribution in [0.15, 0.2) is 17.1 Å². The Kier molecular flexibility index (Phi) is 7.76. The van der Waals surface area contributed by atoms with Crippen molar-refractivity contribution < 1.29 is 61.4 Å². The van der Waals surface area contributed by atoms with Gasteiger partial charge >= 0.3 is 29.2 Å². The van der Waals surface area contributed by atoms with Crippen molar-refractivity contribution in [3.05, 3.63) is 22.7 Å². The second kappa shape index (κ2) is 9.22. The number of nitrogens with two attached hydrogens (primary N) is 1. The number of phosphoric acid groups is 3. The number of aliphatic hydroxyl groups is 2. The molecule has 20 heteroatoms. The van der Waals surface area contributed by atoms with Crippen molar-refractivity contribution >= 4 is 29.3 Å². The van der Waals surface area contributed by atoms with Gasteiger partial charge in [0.1, 0.15) is 30.2 Å². The third-order valence-electron chi connectivity index (χ3n) is 3.55. The maximum atomic E-state index is 11.7. The minimum Gasteiger partial charge on any atom is -0.388 e. The first-order valence-corrected chi connectivity index (χ1v) is 12.2. The van der Waals surface area contributed by atoms with E-state index >= 15 is 0 Å². The summed E-state index contributed by atoms with van der Waals surface area (Å²) in [5, 5.41) is 20.0. The van der Waals surface area contributed by atoms with Crippen LogP contribution in [0.4, 0.5) is 5.82 Å². The molecule has 1 aromatic rings. The number of anilines is 1. The molecule has 0 aliphatic carbocycles. The Morgan fingerprint density at radius 3 is 2.23 bits per heavy atom. The van der Waals surface area contributed by atoms with Crippen LogP contribution in [0.25, 0.3) is 0 Å². The molecule has 1 aliphatic rings. The molecule has 1 aromatic heterocycles. The van der Waals surface area contributed by atoms with Gasteiger partial charge in [-0.25, -0.2) is 18.5 Å². The van der Waals surface area contributed by atoms with Crippen LogP contribution < -0.4 is 11.4 Å². The van der Waals surface area contributed by atoms with Crippen LogP contribution in [-0.4, -0.2) is 70.4 Å². The molecule has 8 N–H and O–H groups in total. The number of nitrogens with zero attached hydrogens (tertiary/aromatic N) is 2. The van der Waals surface area contributed by atoms with E-state index in [1.807, 2.05) is 0 Å². The number of ether oxygens (including phenoxy) is 1. The second-order valence-corrected chi connectivity index (χ2v) is 10.3. The van der Waals surface area contributed by atoms with E-state index in [0.29, 0.717) is 0 Å². The molecular weight excluding hydrogens is 479 g/mol. The van der Waals surface area contributed by atoms with Gasteiger partial charge in [0.05, 0.1) is 13.2 Å². The fraction of sp³-hybridized carbons (Fsp3) is 0.600. The quantitative estimate of drug-likeness (QED) is 0.176. The smallest absolute Gasteiger partial charge is 0.388 e. The third kappa shape index (κ3) is 7.28. The summed E-state index contributed by atoms with van der Waals surface area (Å²) in [6.07, 6.45) is -4.61. The van der Waals surface area contributed by atoms with E-state index in [1.54, 1.807) is 0 Å². The standard InChI is InChI=1S/C10H18N3O14P3/c11-7-1-2-13(10(16)12-7)3-5-8(14)9(15)6(25-5)4-24-29(20,21)27-30(22,23)26-28(17,18)19/h1-2,5-6,8-9,14-15H,3-4H2,(H,20,21)(H,22,23)(H2,11,12,16)(H2,17,18,19)/t5-,6+,8?,9-/m0/s1. The van der Waals surface area contributed by atoms with Crippen molar-refractivity contribution in [1.29, 1.82) is 0 Å². The Labute approximate surface area is 167 Å². The molecule has 0 radical (unpaired) electrons. The number of phosphoric ester groups is 1. The van der Waals surface area contributed by atoms with Crippen molar-refractivity contribution in [2.75, 3.05) is 12.3 Å². The summed E-state index contributed by atoms with van der Waals surface area (Å²) in [6.45, 7) is -1.25. The minimum absolute atomic E-state index is 0.0435. The molecule has 1 aliphatic heterocycles. The molecule has 2 heterocycles. The van der Waals surface area contributed by atoms with Crippen LogP contribution in [0.3, 0.4) is 0 Å². The molecule has 172 valence electrons. The third-order valence-corrected chi connectivity index (χ3v) is 7.35. The molecule has 0 bridgehead atoms. The zero-order valence-electron chi connectivity index (χ0n) is 14.6. The Bertz CT molecular complexity index is 963. The fourth-order valence-corrected chi connectivity index (χ4v) is 5.39. The van der Waals surface area contributed by atoms with Crippen LogP contribution in [0.5, 0.6) is 0 Å².